The predicted octanol–water partition coefficient (Wildman–Crippen LogP) is 2.25. The van der Waals surface area contributed by atoms with Gasteiger partial charge in [-0.2, -0.15) is 0 Å². The van der Waals surface area contributed by atoms with E-state index in [0.29, 0.717) is 11.5 Å². The molecule has 1 unspecified atom stereocenters. The number of likely N-dealkylation sites (N-methyl/N-ethyl adjacent to an activating group) is 1. The monoisotopic (exact) mass is 298 g/mol. The first-order valence-electron chi connectivity index (χ1n) is 7.73. The van der Waals surface area contributed by atoms with Gasteiger partial charge < -0.3 is 15.4 Å². The fraction of sp³-hybridized carbons (Fsp3) is 0.867. The number of carbonyl (C=O) groups excluding carboxylic acids is 1. The summed E-state index contributed by atoms with van der Waals surface area (Å²) in [7, 11) is 1.86. The van der Waals surface area contributed by atoms with Crippen molar-refractivity contribution in [3.05, 3.63) is 0 Å². The summed E-state index contributed by atoms with van der Waals surface area (Å²) >= 11 is 5.23. The van der Waals surface area contributed by atoms with Crippen molar-refractivity contribution in [2.24, 2.45) is 11.1 Å². The number of carbonyl (C=O) groups is 1. The van der Waals surface area contributed by atoms with Gasteiger partial charge in [0.05, 0.1) is 16.5 Å². The van der Waals surface area contributed by atoms with Crippen LogP contribution in [0.15, 0.2) is 0 Å². The minimum atomic E-state index is -0.600. The summed E-state index contributed by atoms with van der Waals surface area (Å²) in [6, 6.07) is 0. The zero-order valence-electron chi connectivity index (χ0n) is 12.4. The van der Waals surface area contributed by atoms with Crippen LogP contribution in [0.5, 0.6) is 0 Å². The van der Waals surface area contributed by atoms with E-state index in [1.807, 2.05) is 7.05 Å². The number of nitrogens with two attached hydrogens (primary N) is 1. The molecule has 1 aliphatic heterocycles. The highest BCUT2D eigenvalue weighted by Crippen LogP contribution is 2.38. The van der Waals surface area contributed by atoms with Crippen LogP contribution in [-0.4, -0.2) is 42.1 Å². The lowest BCUT2D eigenvalue weighted by Crippen LogP contribution is -2.52. The molecule has 0 aromatic carbocycles. The lowest BCUT2D eigenvalue weighted by atomic mass is 9.73. The van der Waals surface area contributed by atoms with Gasteiger partial charge in [-0.25, -0.2) is 0 Å². The number of thiocarbonyl (C=S) groups is 1. The van der Waals surface area contributed by atoms with Crippen LogP contribution in [0.25, 0.3) is 0 Å². The van der Waals surface area contributed by atoms with E-state index in [1.54, 1.807) is 4.90 Å². The summed E-state index contributed by atoms with van der Waals surface area (Å²) < 4.78 is 5.72. The highest BCUT2D eigenvalue weighted by molar-refractivity contribution is 7.80. The molecule has 0 aromatic rings. The normalized spacial score (nSPS) is 25.9. The molecule has 0 spiro atoms. The Hall–Kier alpha value is -0.680. The van der Waals surface area contributed by atoms with E-state index in [0.717, 1.165) is 45.1 Å². The first-order chi connectivity index (χ1) is 9.56. The average molecular weight is 298 g/mol. The zero-order valence-corrected chi connectivity index (χ0v) is 13.2. The molecule has 1 saturated heterocycles. The Kier molecular flexibility index (Phi) is 5.38. The molecule has 1 atom stereocenters. The topological polar surface area (TPSA) is 55.6 Å². The zero-order chi connectivity index (χ0) is 14.6. The molecular formula is C15H26N2O2S. The van der Waals surface area contributed by atoms with Crippen molar-refractivity contribution in [1.29, 1.82) is 0 Å². The SMILES string of the molecule is CN(CC1CCCCO1)C(=O)C1(C(N)=S)CCCCC1. The third kappa shape index (κ3) is 3.31. The summed E-state index contributed by atoms with van der Waals surface area (Å²) in [6.45, 7) is 1.47. The smallest absolute Gasteiger partial charge is 0.235 e. The van der Waals surface area contributed by atoms with Gasteiger partial charge in [-0.05, 0) is 32.1 Å². The van der Waals surface area contributed by atoms with E-state index in [1.165, 1.54) is 12.8 Å². The Morgan fingerprint density at radius 2 is 2.00 bits per heavy atom. The minimum Gasteiger partial charge on any atom is -0.392 e. The van der Waals surface area contributed by atoms with Crippen molar-refractivity contribution in [3.8, 4) is 0 Å². The molecule has 5 heteroatoms. The van der Waals surface area contributed by atoms with E-state index in [4.69, 9.17) is 22.7 Å². The van der Waals surface area contributed by atoms with E-state index >= 15 is 0 Å². The number of amides is 1. The summed E-state index contributed by atoms with van der Waals surface area (Å²) in [5.41, 5.74) is 5.33. The molecule has 20 heavy (non-hydrogen) atoms. The van der Waals surface area contributed by atoms with Crippen molar-refractivity contribution in [2.75, 3.05) is 20.2 Å². The number of hydrogen-bond acceptors (Lipinski definition) is 3. The lowest BCUT2D eigenvalue weighted by molar-refractivity contribution is -0.140. The maximum atomic E-state index is 12.8. The molecule has 2 N–H and O–H groups in total. The second kappa shape index (κ2) is 6.85. The molecule has 1 aliphatic carbocycles. The van der Waals surface area contributed by atoms with E-state index in [2.05, 4.69) is 0 Å². The maximum Gasteiger partial charge on any atom is 0.235 e. The quantitative estimate of drug-likeness (QED) is 0.809. The second-order valence-corrected chi connectivity index (χ2v) is 6.62. The van der Waals surface area contributed by atoms with E-state index < -0.39 is 5.41 Å². The first kappa shape index (κ1) is 15.7. The van der Waals surface area contributed by atoms with Crippen LogP contribution in [0, 0.1) is 5.41 Å². The fourth-order valence-corrected chi connectivity index (χ4v) is 3.72. The van der Waals surface area contributed by atoms with Crippen molar-refractivity contribution >= 4 is 23.1 Å². The van der Waals surface area contributed by atoms with E-state index in [9.17, 15) is 4.79 Å². The van der Waals surface area contributed by atoms with Crippen LogP contribution in [0.2, 0.25) is 0 Å². The van der Waals surface area contributed by atoms with Gasteiger partial charge in [0.2, 0.25) is 5.91 Å². The standard InChI is InChI=1S/C15H26N2O2S/c1-17(11-12-7-3-6-10-19-12)14(18)15(13(16)20)8-4-2-5-9-15/h12H,2-11H2,1H3,(H2,16,20). The van der Waals surface area contributed by atoms with Crippen LogP contribution in [0.1, 0.15) is 51.4 Å². The van der Waals surface area contributed by atoms with Crippen LogP contribution in [0.3, 0.4) is 0 Å². The van der Waals surface area contributed by atoms with Gasteiger partial charge in [-0.15, -0.1) is 0 Å². The third-order valence-corrected chi connectivity index (χ3v) is 5.08. The van der Waals surface area contributed by atoms with Gasteiger partial charge in [0.25, 0.3) is 0 Å². The molecule has 2 rings (SSSR count). The minimum absolute atomic E-state index is 0.0962. The van der Waals surface area contributed by atoms with Gasteiger partial charge in [-0.1, -0.05) is 31.5 Å². The van der Waals surface area contributed by atoms with Crippen LogP contribution in [0.4, 0.5) is 0 Å². The Morgan fingerprint density at radius 3 is 2.55 bits per heavy atom. The van der Waals surface area contributed by atoms with Gasteiger partial charge in [0.1, 0.15) is 0 Å². The molecule has 1 amide bonds. The lowest BCUT2D eigenvalue weighted by Gasteiger charge is -2.39. The van der Waals surface area contributed by atoms with Gasteiger partial charge >= 0.3 is 0 Å². The van der Waals surface area contributed by atoms with Crippen molar-refractivity contribution < 1.29 is 9.53 Å². The molecule has 0 radical (unpaired) electrons. The average Bonchev–Trinajstić information content (AvgIpc) is 2.48. The number of nitrogens with zero attached hydrogens (tertiary/aromatic N) is 1. The third-order valence-electron chi connectivity index (χ3n) is 4.69. The molecular weight excluding hydrogens is 272 g/mol. The fourth-order valence-electron chi connectivity index (χ4n) is 3.43. The summed E-state index contributed by atoms with van der Waals surface area (Å²) in [4.78, 5) is 15.0. The summed E-state index contributed by atoms with van der Waals surface area (Å²) in [6.07, 6.45) is 8.38. The largest absolute Gasteiger partial charge is 0.392 e. The first-order valence-corrected chi connectivity index (χ1v) is 8.14. The van der Waals surface area contributed by atoms with Gasteiger partial charge in [-0.3, -0.25) is 4.79 Å². The predicted molar refractivity (Wildman–Crippen MR) is 83.5 cm³/mol. The Bertz CT molecular complexity index is 361. The Labute approximate surface area is 127 Å². The molecule has 4 nitrogen and oxygen atoms in total. The van der Waals surface area contributed by atoms with Crippen molar-refractivity contribution in [1.82, 2.24) is 4.90 Å². The highest BCUT2D eigenvalue weighted by Gasteiger charge is 2.44. The molecule has 0 aromatic heterocycles. The van der Waals surface area contributed by atoms with Crippen molar-refractivity contribution in [3.63, 3.8) is 0 Å². The molecule has 0 bridgehead atoms. The van der Waals surface area contributed by atoms with Crippen molar-refractivity contribution in [2.45, 2.75) is 57.5 Å². The Balaban J connectivity index is 2.01. The summed E-state index contributed by atoms with van der Waals surface area (Å²) in [5.74, 6) is 0.0962. The highest BCUT2D eigenvalue weighted by atomic mass is 32.1. The van der Waals surface area contributed by atoms with E-state index in [-0.39, 0.29) is 12.0 Å². The number of hydrogen-bond donors (Lipinski definition) is 1. The van der Waals surface area contributed by atoms with Crippen LogP contribution < -0.4 is 5.73 Å². The molecule has 2 aliphatic rings. The summed E-state index contributed by atoms with van der Waals surface area (Å²) in [5, 5.41) is 0. The molecule has 114 valence electrons. The number of rotatable bonds is 4. The molecule has 1 saturated carbocycles. The number of ether oxygens (including phenoxy) is 1. The second-order valence-electron chi connectivity index (χ2n) is 6.18. The van der Waals surface area contributed by atoms with Gasteiger partial charge in [0, 0.05) is 20.2 Å². The molecule has 1 heterocycles. The van der Waals surface area contributed by atoms with Crippen LogP contribution in [-0.2, 0) is 9.53 Å². The Morgan fingerprint density at radius 1 is 1.30 bits per heavy atom. The van der Waals surface area contributed by atoms with Crippen LogP contribution >= 0.6 is 12.2 Å². The van der Waals surface area contributed by atoms with Gasteiger partial charge in [0.15, 0.2) is 0 Å². The molecule has 2 fully saturated rings. The maximum absolute atomic E-state index is 12.8.